The van der Waals surface area contributed by atoms with Crippen molar-refractivity contribution in [1.82, 2.24) is 30.2 Å². The highest BCUT2D eigenvalue weighted by molar-refractivity contribution is 6.07. The van der Waals surface area contributed by atoms with Crippen molar-refractivity contribution in [3.8, 4) is 0 Å². The fraction of sp³-hybridized carbons (Fsp3) is 0.750. The number of carboxylic acids is 2. The summed E-state index contributed by atoms with van der Waals surface area (Å²) in [4.78, 5) is 88.5. The normalized spacial score (nSPS) is 20.3. The zero-order chi connectivity index (χ0) is 41.3. The van der Waals surface area contributed by atoms with Crippen LogP contribution >= 0.6 is 0 Å². The molecule has 3 heterocycles. The Morgan fingerprint density at radius 3 is 1.94 bits per heavy atom. The molecule has 3 aliphatic heterocycles. The molecule has 54 heavy (non-hydrogen) atoms. The van der Waals surface area contributed by atoms with Crippen LogP contribution < -0.4 is 16.4 Å². The molecule has 3 aliphatic rings. The van der Waals surface area contributed by atoms with Gasteiger partial charge in [0.15, 0.2) is 6.04 Å². The lowest BCUT2D eigenvalue weighted by Crippen LogP contribution is -2.69. The molecule has 0 spiro atoms. The second-order valence-corrected chi connectivity index (χ2v) is 13.6. The number of carboxylic acid groups (broad SMARTS) is 2. The van der Waals surface area contributed by atoms with E-state index in [4.69, 9.17) is 15.6 Å². The van der Waals surface area contributed by atoms with Gasteiger partial charge in [0.05, 0.1) is 24.3 Å². The van der Waals surface area contributed by atoms with Crippen molar-refractivity contribution in [3.63, 3.8) is 0 Å². The molecule has 0 aliphatic carbocycles. The van der Waals surface area contributed by atoms with E-state index in [0.29, 0.717) is 57.7 Å². The maximum atomic E-state index is 13.0. The molecule has 0 aromatic heterocycles. The van der Waals surface area contributed by atoms with Crippen molar-refractivity contribution >= 4 is 42.0 Å². The molecule has 3 fully saturated rings. The molecule has 18 heteroatoms. The van der Waals surface area contributed by atoms with E-state index in [1.165, 1.54) is 4.90 Å². The first-order chi connectivity index (χ1) is 25.5. The third-order valence-corrected chi connectivity index (χ3v) is 9.30. The van der Waals surface area contributed by atoms with E-state index < -0.39 is 60.0 Å². The van der Waals surface area contributed by atoms with Gasteiger partial charge in [0.1, 0.15) is 12.1 Å². The summed E-state index contributed by atoms with van der Waals surface area (Å²) >= 11 is 0. The molecule has 3 rings (SSSR count). The summed E-state index contributed by atoms with van der Waals surface area (Å²) in [5.74, 6) is -3.39. The summed E-state index contributed by atoms with van der Waals surface area (Å²) in [5.41, 5.74) is 5.72. The van der Waals surface area contributed by atoms with E-state index in [1.807, 2.05) is 53.4 Å². The summed E-state index contributed by atoms with van der Waals surface area (Å²) in [6.07, 6.45) is 0.753. The maximum Gasteiger partial charge on any atom is 0.410 e. The second-order valence-electron chi connectivity index (χ2n) is 13.6. The minimum atomic E-state index is -1.20. The summed E-state index contributed by atoms with van der Waals surface area (Å²) in [7, 11) is 0. The number of nitrogens with zero attached hydrogens (tertiary/aromatic N) is 4. The highest BCUT2D eigenvalue weighted by Crippen LogP contribution is 2.32. The van der Waals surface area contributed by atoms with Crippen molar-refractivity contribution in [2.75, 3.05) is 52.4 Å². The van der Waals surface area contributed by atoms with Crippen molar-refractivity contribution in [2.24, 2.45) is 29.4 Å². The molecule has 0 aromatic rings. The van der Waals surface area contributed by atoms with Gasteiger partial charge in [-0.15, -0.1) is 0 Å². The largest absolute Gasteiger partial charge is 0.480 e. The van der Waals surface area contributed by atoms with Crippen molar-refractivity contribution in [3.05, 3.63) is 12.4 Å². The maximum absolute atomic E-state index is 13.0. The zero-order valence-electron chi connectivity index (χ0n) is 33.2. The summed E-state index contributed by atoms with van der Waals surface area (Å²) in [5, 5.41) is 23.2. The lowest BCUT2D eigenvalue weighted by molar-refractivity contribution is -0.167. The quantitative estimate of drug-likeness (QED) is 0.112. The molecule has 4 atom stereocenters. The van der Waals surface area contributed by atoms with Crippen LogP contribution in [-0.4, -0.2) is 142 Å². The van der Waals surface area contributed by atoms with Crippen molar-refractivity contribution < 1.29 is 53.2 Å². The van der Waals surface area contributed by atoms with E-state index in [2.05, 4.69) is 21.9 Å². The van der Waals surface area contributed by atoms with Gasteiger partial charge < -0.3 is 50.8 Å². The Bertz CT molecular complexity index is 1300. The van der Waals surface area contributed by atoms with Gasteiger partial charge in [0.25, 0.3) is 0 Å². The third-order valence-electron chi connectivity index (χ3n) is 9.30. The number of carbonyl (C=O) groups excluding carboxylic acids is 5. The summed E-state index contributed by atoms with van der Waals surface area (Å²) < 4.78 is 10.3. The van der Waals surface area contributed by atoms with Crippen LogP contribution in [0.4, 0.5) is 14.4 Å². The molecule has 0 saturated carbocycles. The number of nitrogens with two attached hydrogens (primary N) is 1. The van der Waals surface area contributed by atoms with E-state index in [9.17, 15) is 38.7 Å². The minimum Gasteiger partial charge on any atom is -0.480 e. The molecule has 2 unspecified atom stereocenters. The summed E-state index contributed by atoms with van der Waals surface area (Å²) in [6.45, 7) is 22.1. The number of aliphatic carboxylic acids is 2. The average Bonchev–Trinajstić information content (AvgIpc) is 3.11. The van der Waals surface area contributed by atoms with Crippen LogP contribution in [0.3, 0.4) is 0 Å². The number of hydrogen-bond donors (Lipinski definition) is 5. The Balaban J connectivity index is 0.000000641. The fourth-order valence-corrected chi connectivity index (χ4v) is 6.44. The first kappa shape index (κ1) is 47.3. The molecular weight excluding hydrogens is 706 g/mol. The molecule has 0 aromatic carbocycles. The van der Waals surface area contributed by atoms with Crippen molar-refractivity contribution in [1.29, 1.82) is 0 Å². The zero-order valence-corrected chi connectivity index (χ0v) is 33.2. The standard InChI is InChI=1S/C24H41N5O6.C10H16N2O5.C2H6/c1-7-26(17(6)25)10-8-9-18-19(22(31)32)29(21(18)30)23(33)27-11-13-28(14-12-27)24(34)35-20(15(2)3)16(4)5;1-2-17-10(16)11-5-3-4-6-7(9(14)15)12-8(6)13;1-2/h15-16,18-20H,6-14,25H2,1-5H3,(H,31,32);6-7H,2-5H2,1H3,(H,11,16)(H,12,13)(H,14,15);1-2H3/t18-,19?;6-,7?;/m11./s1. The van der Waals surface area contributed by atoms with Crippen LogP contribution in [0.25, 0.3) is 0 Å². The monoisotopic (exact) mass is 769 g/mol. The van der Waals surface area contributed by atoms with Crippen LogP contribution in [0.15, 0.2) is 12.4 Å². The van der Waals surface area contributed by atoms with Gasteiger partial charge in [-0.2, -0.15) is 0 Å². The lowest BCUT2D eigenvalue weighted by Gasteiger charge is -2.46. The molecular formula is C36H63N7O11. The number of β-lactam (4-membered cyclic amide) rings is 2. The number of nitrogens with one attached hydrogen (secondary N) is 2. The highest BCUT2D eigenvalue weighted by Gasteiger charge is 2.55. The third kappa shape index (κ3) is 13.3. The van der Waals surface area contributed by atoms with Gasteiger partial charge in [0.2, 0.25) is 11.8 Å². The predicted molar refractivity (Wildman–Crippen MR) is 199 cm³/mol. The average molecular weight is 770 g/mol. The van der Waals surface area contributed by atoms with Crippen LogP contribution in [0.5, 0.6) is 0 Å². The fourth-order valence-electron chi connectivity index (χ4n) is 6.44. The smallest absolute Gasteiger partial charge is 0.410 e. The van der Waals surface area contributed by atoms with Crippen LogP contribution in [0.1, 0.15) is 81.1 Å². The molecule has 0 bridgehead atoms. The number of piperazine rings is 1. The number of urea groups is 1. The van der Waals surface area contributed by atoms with Crippen molar-refractivity contribution in [2.45, 2.75) is 99.3 Å². The number of amides is 6. The summed E-state index contributed by atoms with van der Waals surface area (Å²) in [6, 6.07) is -2.60. The van der Waals surface area contributed by atoms with E-state index >= 15 is 0 Å². The number of likely N-dealkylation sites (tertiary alicyclic amines) is 1. The SMILES string of the molecule is C=C(N)N(CC)CCC[C@H]1C(=O)N(C(=O)N2CCN(C(=O)OC(C(C)C)C(C)C)CC2)C1C(=O)O.CC.CCOC(=O)NCCC[C@H]1C(=O)NC1C(=O)O. The first-order valence-corrected chi connectivity index (χ1v) is 18.9. The number of carbonyl (C=O) groups is 7. The van der Waals surface area contributed by atoms with Gasteiger partial charge in [-0.3, -0.25) is 9.59 Å². The molecule has 3 saturated heterocycles. The van der Waals surface area contributed by atoms with Crippen LogP contribution in [0, 0.1) is 23.7 Å². The van der Waals surface area contributed by atoms with Gasteiger partial charge >= 0.3 is 30.2 Å². The predicted octanol–water partition coefficient (Wildman–Crippen LogP) is 2.72. The lowest BCUT2D eigenvalue weighted by atomic mass is 9.83. The second kappa shape index (κ2) is 23.1. The van der Waals surface area contributed by atoms with Crippen LogP contribution in [0.2, 0.25) is 0 Å². The molecule has 0 radical (unpaired) electrons. The molecule has 18 nitrogen and oxygen atoms in total. The highest BCUT2D eigenvalue weighted by atomic mass is 16.6. The first-order valence-electron chi connectivity index (χ1n) is 18.9. The topological polar surface area (TPSA) is 241 Å². The Labute approximate surface area is 318 Å². The van der Waals surface area contributed by atoms with Gasteiger partial charge in [0, 0.05) is 45.8 Å². The van der Waals surface area contributed by atoms with E-state index in [0.717, 1.165) is 4.90 Å². The number of ether oxygens (including phenoxy) is 2. The molecule has 308 valence electrons. The van der Waals surface area contributed by atoms with Gasteiger partial charge in [-0.05, 0) is 51.4 Å². The van der Waals surface area contributed by atoms with Crippen LogP contribution in [-0.2, 0) is 28.7 Å². The van der Waals surface area contributed by atoms with E-state index in [-0.39, 0.29) is 50.0 Å². The Kier molecular flexibility index (Phi) is 20.2. The molecule has 6 N–H and O–H groups in total. The van der Waals surface area contributed by atoms with Gasteiger partial charge in [-0.25, -0.2) is 28.9 Å². The minimum absolute atomic E-state index is 0.180. The molecule has 6 amide bonds. The Morgan fingerprint density at radius 1 is 0.926 bits per heavy atom. The number of alkyl carbamates (subject to hydrolysis) is 1. The number of rotatable bonds is 16. The number of imide groups is 1. The van der Waals surface area contributed by atoms with E-state index in [1.54, 1.807) is 11.8 Å². The number of hydrogen-bond acceptors (Lipinski definition) is 11. The Morgan fingerprint density at radius 2 is 1.48 bits per heavy atom. The van der Waals surface area contributed by atoms with Gasteiger partial charge in [-0.1, -0.05) is 48.1 Å². The Hall–Kier alpha value is -4.77.